The van der Waals surface area contributed by atoms with Gasteiger partial charge in [0.25, 0.3) is 0 Å². The van der Waals surface area contributed by atoms with E-state index in [0.29, 0.717) is 6.54 Å². The Morgan fingerprint density at radius 3 is 2.77 bits per heavy atom. The zero-order valence-corrected chi connectivity index (χ0v) is 13.4. The van der Waals surface area contributed by atoms with Crippen molar-refractivity contribution in [3.63, 3.8) is 0 Å². The van der Waals surface area contributed by atoms with E-state index in [4.69, 9.17) is 4.98 Å². The first-order valence-electron chi connectivity index (χ1n) is 8.15. The number of hydrogen-bond acceptors (Lipinski definition) is 3. The molecular formula is C18H23N3O. The van der Waals surface area contributed by atoms with Crippen LogP contribution in [0.5, 0.6) is 0 Å². The number of pyridine rings is 1. The summed E-state index contributed by atoms with van der Waals surface area (Å²) in [5.41, 5.74) is 4.33. The number of likely N-dealkylation sites (N-methyl/N-ethyl adjacent to an activating group) is 1. The Morgan fingerprint density at radius 2 is 2.00 bits per heavy atom. The highest BCUT2D eigenvalue weighted by Gasteiger charge is 2.21. The number of rotatable bonds is 5. The van der Waals surface area contributed by atoms with Crippen LogP contribution in [-0.4, -0.2) is 35.4 Å². The molecule has 4 nitrogen and oxygen atoms in total. The number of benzene rings is 1. The highest BCUT2D eigenvalue weighted by atomic mass is 16.2. The Morgan fingerprint density at radius 1 is 1.23 bits per heavy atom. The molecule has 0 fully saturated rings. The van der Waals surface area contributed by atoms with Gasteiger partial charge in [-0.1, -0.05) is 32.0 Å². The van der Waals surface area contributed by atoms with Crippen molar-refractivity contribution in [1.29, 1.82) is 0 Å². The molecule has 1 aliphatic rings. The summed E-state index contributed by atoms with van der Waals surface area (Å²) in [6.45, 7) is 6.38. The Balaban J connectivity index is 1.94. The summed E-state index contributed by atoms with van der Waals surface area (Å²) in [5.74, 6) is 0.0640. The van der Waals surface area contributed by atoms with E-state index in [2.05, 4.69) is 24.1 Å². The molecule has 1 aromatic carbocycles. The number of para-hydroxylation sites is 1. The third-order valence-electron chi connectivity index (χ3n) is 4.45. The molecule has 0 saturated heterocycles. The quantitative estimate of drug-likeness (QED) is 0.922. The number of nitrogens with one attached hydrogen (secondary N) is 1. The van der Waals surface area contributed by atoms with Crippen molar-refractivity contribution >= 4 is 22.5 Å². The van der Waals surface area contributed by atoms with Crippen molar-refractivity contribution in [2.75, 3.05) is 25.0 Å². The van der Waals surface area contributed by atoms with E-state index in [-0.39, 0.29) is 5.91 Å². The Hall–Kier alpha value is -1.94. The van der Waals surface area contributed by atoms with Gasteiger partial charge in [0, 0.05) is 11.1 Å². The first-order chi connectivity index (χ1) is 10.7. The van der Waals surface area contributed by atoms with Crippen LogP contribution < -0.4 is 5.32 Å². The summed E-state index contributed by atoms with van der Waals surface area (Å²) in [5, 5.41) is 4.22. The molecule has 0 aliphatic heterocycles. The summed E-state index contributed by atoms with van der Waals surface area (Å²) in [6.07, 6.45) is 3.14. The lowest BCUT2D eigenvalue weighted by Crippen LogP contribution is -2.33. The van der Waals surface area contributed by atoms with Crippen LogP contribution in [0.15, 0.2) is 24.3 Å². The molecule has 3 rings (SSSR count). The molecule has 1 amide bonds. The van der Waals surface area contributed by atoms with Crippen LogP contribution in [0.3, 0.4) is 0 Å². The van der Waals surface area contributed by atoms with E-state index in [1.54, 1.807) is 0 Å². The molecule has 0 radical (unpaired) electrons. The van der Waals surface area contributed by atoms with Crippen LogP contribution in [0, 0.1) is 0 Å². The first kappa shape index (κ1) is 15.0. The van der Waals surface area contributed by atoms with Crippen molar-refractivity contribution in [2.24, 2.45) is 0 Å². The summed E-state index contributed by atoms with van der Waals surface area (Å²) in [6, 6.07) is 8.07. The van der Waals surface area contributed by atoms with E-state index in [0.717, 1.165) is 54.6 Å². The second-order valence-corrected chi connectivity index (χ2v) is 5.79. The maximum atomic E-state index is 12.4. The number of nitrogens with zero attached hydrogens (tertiary/aromatic N) is 2. The highest BCUT2D eigenvalue weighted by molar-refractivity contribution is 6.03. The lowest BCUT2D eigenvalue weighted by atomic mass is 10.1. The number of amides is 1. The van der Waals surface area contributed by atoms with Crippen LogP contribution in [-0.2, 0) is 17.6 Å². The second kappa shape index (κ2) is 6.44. The number of carbonyl (C=O) groups is 1. The lowest BCUT2D eigenvalue weighted by molar-refractivity contribution is -0.117. The number of anilines is 1. The van der Waals surface area contributed by atoms with Gasteiger partial charge in [-0.05, 0) is 44.0 Å². The van der Waals surface area contributed by atoms with Crippen LogP contribution in [0.2, 0.25) is 0 Å². The van der Waals surface area contributed by atoms with E-state index >= 15 is 0 Å². The Kier molecular flexibility index (Phi) is 4.39. The largest absolute Gasteiger partial charge is 0.324 e. The standard InChI is InChI=1S/C18H23N3O/c1-3-21(4-2)12-17(22)20-18-13-8-5-6-10-15(13)19-16-11-7-9-14(16)18/h5-6,8,10H,3-4,7,9,11-12H2,1-2H3,(H,19,20,22). The van der Waals surface area contributed by atoms with E-state index < -0.39 is 0 Å². The zero-order valence-electron chi connectivity index (χ0n) is 13.4. The molecule has 0 saturated carbocycles. The number of carbonyl (C=O) groups excluding carboxylic acids is 1. The van der Waals surface area contributed by atoms with E-state index in [1.807, 2.05) is 24.3 Å². The smallest absolute Gasteiger partial charge is 0.238 e. The Bertz CT molecular complexity index is 692. The fourth-order valence-corrected chi connectivity index (χ4v) is 3.18. The minimum absolute atomic E-state index is 0.0640. The van der Waals surface area contributed by atoms with Gasteiger partial charge in [-0.15, -0.1) is 0 Å². The van der Waals surface area contributed by atoms with Crippen LogP contribution in [0.4, 0.5) is 5.69 Å². The van der Waals surface area contributed by atoms with Gasteiger partial charge < -0.3 is 5.32 Å². The molecule has 116 valence electrons. The summed E-state index contributed by atoms with van der Waals surface area (Å²) in [7, 11) is 0. The molecule has 22 heavy (non-hydrogen) atoms. The van der Waals surface area contributed by atoms with Gasteiger partial charge in [0.2, 0.25) is 5.91 Å². The third-order valence-corrected chi connectivity index (χ3v) is 4.45. The van der Waals surface area contributed by atoms with Crippen molar-refractivity contribution in [2.45, 2.75) is 33.1 Å². The van der Waals surface area contributed by atoms with E-state index in [1.165, 1.54) is 5.56 Å². The molecule has 0 atom stereocenters. The fraction of sp³-hybridized carbons (Fsp3) is 0.444. The molecule has 1 aliphatic carbocycles. The zero-order chi connectivity index (χ0) is 15.5. The van der Waals surface area contributed by atoms with Crippen molar-refractivity contribution in [3.8, 4) is 0 Å². The molecule has 0 unspecified atom stereocenters. The van der Waals surface area contributed by atoms with Gasteiger partial charge in [0.15, 0.2) is 0 Å². The molecule has 1 N–H and O–H groups in total. The average molecular weight is 297 g/mol. The van der Waals surface area contributed by atoms with Gasteiger partial charge in [0.05, 0.1) is 17.7 Å². The number of hydrogen-bond donors (Lipinski definition) is 1. The Labute approximate surface area is 131 Å². The predicted octanol–water partition coefficient (Wildman–Crippen LogP) is 3.00. The second-order valence-electron chi connectivity index (χ2n) is 5.79. The maximum Gasteiger partial charge on any atom is 0.238 e. The van der Waals surface area contributed by atoms with Crippen molar-refractivity contribution in [3.05, 3.63) is 35.5 Å². The molecule has 1 heterocycles. The molecule has 0 bridgehead atoms. The molecule has 2 aromatic rings. The normalized spacial score (nSPS) is 13.6. The van der Waals surface area contributed by atoms with Gasteiger partial charge in [-0.25, -0.2) is 0 Å². The summed E-state index contributed by atoms with van der Waals surface area (Å²) >= 11 is 0. The van der Waals surface area contributed by atoms with Crippen LogP contribution >= 0.6 is 0 Å². The minimum Gasteiger partial charge on any atom is -0.324 e. The van der Waals surface area contributed by atoms with Crippen LogP contribution in [0.1, 0.15) is 31.5 Å². The van der Waals surface area contributed by atoms with E-state index in [9.17, 15) is 4.79 Å². The molecule has 4 heteroatoms. The van der Waals surface area contributed by atoms with Crippen molar-refractivity contribution < 1.29 is 4.79 Å². The van der Waals surface area contributed by atoms with Crippen molar-refractivity contribution in [1.82, 2.24) is 9.88 Å². The molecular weight excluding hydrogens is 274 g/mol. The summed E-state index contributed by atoms with van der Waals surface area (Å²) < 4.78 is 0. The van der Waals surface area contributed by atoms with Gasteiger partial charge >= 0.3 is 0 Å². The molecule has 1 aromatic heterocycles. The first-order valence-corrected chi connectivity index (χ1v) is 8.15. The third kappa shape index (κ3) is 2.83. The van der Waals surface area contributed by atoms with Gasteiger partial charge in [-0.3, -0.25) is 14.7 Å². The lowest BCUT2D eigenvalue weighted by Gasteiger charge is -2.19. The maximum absolute atomic E-state index is 12.4. The number of aryl methyl sites for hydroxylation is 1. The van der Waals surface area contributed by atoms with Gasteiger partial charge in [0.1, 0.15) is 0 Å². The fourth-order valence-electron chi connectivity index (χ4n) is 3.18. The average Bonchev–Trinajstić information content (AvgIpc) is 3.00. The van der Waals surface area contributed by atoms with Crippen LogP contribution in [0.25, 0.3) is 10.9 Å². The SMILES string of the molecule is CCN(CC)CC(=O)Nc1c2c(nc3ccccc13)CCC2. The topological polar surface area (TPSA) is 45.2 Å². The number of fused-ring (bicyclic) bond motifs is 2. The summed E-state index contributed by atoms with van der Waals surface area (Å²) in [4.78, 5) is 19.3. The van der Waals surface area contributed by atoms with Gasteiger partial charge in [-0.2, -0.15) is 0 Å². The number of aromatic nitrogens is 1. The highest BCUT2D eigenvalue weighted by Crippen LogP contribution is 2.33. The minimum atomic E-state index is 0.0640. The predicted molar refractivity (Wildman–Crippen MR) is 90.2 cm³/mol. The monoisotopic (exact) mass is 297 g/mol. The molecule has 0 spiro atoms.